The van der Waals surface area contributed by atoms with Crippen LogP contribution in [-0.2, 0) is 14.6 Å². The molecule has 1 heterocycles. The van der Waals surface area contributed by atoms with E-state index in [9.17, 15) is 22.0 Å². The number of nitrogens with zero attached hydrogens (tertiary/aromatic N) is 2. The number of anilines is 1. The first kappa shape index (κ1) is 21.3. The third-order valence-electron chi connectivity index (χ3n) is 4.50. The number of hydrogen-bond donors (Lipinski definition) is 1. The second-order valence-corrected chi connectivity index (χ2v) is 9.45. The van der Waals surface area contributed by atoms with Crippen LogP contribution in [0.3, 0.4) is 0 Å². The first-order chi connectivity index (χ1) is 13.7. The molecule has 1 aliphatic carbocycles. The van der Waals surface area contributed by atoms with E-state index in [1.165, 1.54) is 37.5 Å². The quantitative estimate of drug-likeness (QED) is 0.689. The van der Waals surface area contributed by atoms with Gasteiger partial charge >= 0.3 is 6.01 Å². The summed E-state index contributed by atoms with van der Waals surface area (Å²) < 4.78 is 59.3. The average molecular weight is 443 g/mol. The van der Waals surface area contributed by atoms with Gasteiger partial charge in [0, 0.05) is 23.4 Å². The van der Waals surface area contributed by atoms with Crippen molar-refractivity contribution in [2.45, 2.75) is 30.1 Å². The minimum Gasteiger partial charge on any atom is -0.466 e. The Balaban J connectivity index is 1.91. The number of ether oxygens (including phenoxy) is 1. The van der Waals surface area contributed by atoms with E-state index in [-0.39, 0.29) is 34.5 Å². The predicted molar refractivity (Wildman–Crippen MR) is 105 cm³/mol. The number of benzene rings is 1. The van der Waals surface area contributed by atoms with Gasteiger partial charge in [-0.25, -0.2) is 17.2 Å². The van der Waals surface area contributed by atoms with Gasteiger partial charge in [0.2, 0.25) is 5.13 Å². The van der Waals surface area contributed by atoms with Gasteiger partial charge in [-0.15, -0.1) is 4.37 Å². The molecule has 7 nitrogen and oxygen atoms in total. The van der Waals surface area contributed by atoms with Gasteiger partial charge < -0.3 is 4.74 Å². The van der Waals surface area contributed by atoms with Gasteiger partial charge in [-0.1, -0.05) is 18.2 Å². The molecule has 2 unspecified atom stereocenters. The largest absolute Gasteiger partial charge is 0.466 e. The summed E-state index contributed by atoms with van der Waals surface area (Å²) in [6.45, 7) is 0. The lowest BCUT2D eigenvalue weighted by Crippen LogP contribution is -2.15. The molecule has 2 aromatic rings. The molecule has 3 rings (SSSR count). The smallest absolute Gasteiger partial charge is 0.329 e. The number of amides is 1. The van der Waals surface area contributed by atoms with Gasteiger partial charge in [-0.05, 0) is 36.5 Å². The van der Waals surface area contributed by atoms with Crippen molar-refractivity contribution in [1.82, 2.24) is 9.36 Å². The van der Waals surface area contributed by atoms with Crippen LogP contribution in [0.4, 0.5) is 13.9 Å². The van der Waals surface area contributed by atoms with E-state index in [1.807, 2.05) is 0 Å². The summed E-state index contributed by atoms with van der Waals surface area (Å²) in [5.41, 5.74) is 0.592. The molecule has 1 N–H and O–H groups in total. The minimum absolute atomic E-state index is 0.0218. The standard InChI is InChI=1S/C18H19F2N3O4S2/c1-27-17-22-18(28-23-17)21-16(24)13(7-10-8-14(19)15(20)9-10)11-3-5-12(6-4-11)29(2,25)26/h3-7,10,14-15H,8-9H2,1-2H3,(H,21,22,23,24)/b13-7+. The van der Waals surface area contributed by atoms with E-state index in [0.29, 0.717) is 5.56 Å². The third-order valence-corrected chi connectivity index (χ3v) is 6.24. The van der Waals surface area contributed by atoms with Gasteiger partial charge in [0.25, 0.3) is 5.91 Å². The van der Waals surface area contributed by atoms with E-state index in [4.69, 9.17) is 4.74 Å². The Morgan fingerprint density at radius 2 is 1.86 bits per heavy atom. The van der Waals surface area contributed by atoms with Crippen LogP contribution in [-0.4, -0.2) is 49.4 Å². The number of carbonyl (C=O) groups is 1. The zero-order valence-corrected chi connectivity index (χ0v) is 17.3. The predicted octanol–water partition coefficient (Wildman–Crippen LogP) is 3.06. The summed E-state index contributed by atoms with van der Waals surface area (Å²) in [6.07, 6.45) is -0.579. The molecule has 1 aromatic heterocycles. The Hall–Kier alpha value is -2.40. The van der Waals surface area contributed by atoms with Crippen molar-refractivity contribution in [3.8, 4) is 6.01 Å². The number of nitrogens with one attached hydrogen (secondary N) is 1. The Bertz CT molecular complexity index is 1010. The van der Waals surface area contributed by atoms with Crippen LogP contribution in [0.15, 0.2) is 35.2 Å². The van der Waals surface area contributed by atoms with Crippen LogP contribution in [0.5, 0.6) is 6.01 Å². The Kier molecular flexibility index (Phi) is 6.27. The van der Waals surface area contributed by atoms with Crippen molar-refractivity contribution in [3.63, 3.8) is 0 Å². The molecule has 1 aromatic carbocycles. The monoisotopic (exact) mass is 443 g/mol. The maximum absolute atomic E-state index is 13.6. The van der Waals surface area contributed by atoms with Gasteiger partial charge in [-0.2, -0.15) is 4.98 Å². The molecular weight excluding hydrogens is 424 g/mol. The molecule has 0 spiro atoms. The Labute approximate surface area is 170 Å². The number of carbonyl (C=O) groups excluding carboxylic acids is 1. The lowest BCUT2D eigenvalue weighted by atomic mass is 9.98. The molecule has 0 bridgehead atoms. The fraction of sp³-hybridized carbons (Fsp3) is 0.389. The maximum Gasteiger partial charge on any atom is 0.329 e. The molecule has 11 heteroatoms. The lowest BCUT2D eigenvalue weighted by Gasteiger charge is -2.11. The van der Waals surface area contributed by atoms with Crippen LogP contribution < -0.4 is 10.1 Å². The molecular formula is C18H19F2N3O4S2. The number of allylic oxidation sites excluding steroid dienone is 1. The molecule has 2 atom stereocenters. The molecule has 1 saturated carbocycles. The van der Waals surface area contributed by atoms with Crippen molar-refractivity contribution in [2.75, 3.05) is 18.7 Å². The highest BCUT2D eigenvalue weighted by Gasteiger charge is 2.34. The highest BCUT2D eigenvalue weighted by Crippen LogP contribution is 2.34. The summed E-state index contributed by atoms with van der Waals surface area (Å²) in [7, 11) is -2.01. The first-order valence-electron chi connectivity index (χ1n) is 8.67. The highest BCUT2D eigenvalue weighted by atomic mass is 32.2. The summed E-state index contributed by atoms with van der Waals surface area (Å²) in [6, 6.07) is 5.83. The summed E-state index contributed by atoms with van der Waals surface area (Å²) >= 11 is 0.920. The van der Waals surface area contributed by atoms with Crippen molar-refractivity contribution < 1.29 is 26.7 Å². The number of methoxy groups -OCH3 is 1. The normalized spacial score (nSPS) is 22.5. The van der Waals surface area contributed by atoms with Crippen molar-refractivity contribution in [2.24, 2.45) is 5.92 Å². The third kappa shape index (κ3) is 5.15. The zero-order valence-electron chi connectivity index (χ0n) is 15.6. The first-order valence-corrected chi connectivity index (χ1v) is 11.3. The number of halogens is 2. The van der Waals surface area contributed by atoms with Crippen LogP contribution >= 0.6 is 11.5 Å². The number of rotatable bonds is 6. The number of aromatic nitrogens is 2. The Morgan fingerprint density at radius 1 is 1.24 bits per heavy atom. The highest BCUT2D eigenvalue weighted by molar-refractivity contribution is 7.90. The van der Waals surface area contributed by atoms with Crippen LogP contribution in [0, 0.1) is 5.92 Å². The van der Waals surface area contributed by atoms with E-state index in [1.54, 1.807) is 0 Å². The van der Waals surface area contributed by atoms with Gasteiger partial charge in [0.05, 0.1) is 12.0 Å². The molecule has 0 radical (unpaired) electrons. The van der Waals surface area contributed by atoms with E-state index in [2.05, 4.69) is 14.7 Å². The molecule has 156 valence electrons. The maximum atomic E-state index is 13.6. The number of sulfone groups is 1. The van der Waals surface area contributed by atoms with Crippen molar-refractivity contribution >= 4 is 38.0 Å². The van der Waals surface area contributed by atoms with Gasteiger partial charge in [0.1, 0.15) is 12.3 Å². The minimum atomic E-state index is -3.40. The topological polar surface area (TPSA) is 98.2 Å². The average Bonchev–Trinajstić information content (AvgIpc) is 3.25. The van der Waals surface area contributed by atoms with Crippen molar-refractivity contribution in [1.29, 1.82) is 0 Å². The lowest BCUT2D eigenvalue weighted by molar-refractivity contribution is -0.111. The zero-order chi connectivity index (χ0) is 21.2. The summed E-state index contributed by atoms with van der Waals surface area (Å²) in [5.74, 6) is -1.01. The second kappa shape index (κ2) is 8.54. The van der Waals surface area contributed by atoms with E-state index < -0.39 is 34.0 Å². The molecule has 0 saturated heterocycles. The fourth-order valence-corrected chi connectivity index (χ4v) is 4.20. The summed E-state index contributed by atoms with van der Waals surface area (Å²) in [4.78, 5) is 16.9. The fourth-order valence-electron chi connectivity index (χ4n) is 3.03. The molecule has 29 heavy (non-hydrogen) atoms. The van der Waals surface area contributed by atoms with Gasteiger partial charge in [-0.3, -0.25) is 10.1 Å². The molecule has 0 aliphatic heterocycles. The van der Waals surface area contributed by atoms with Crippen LogP contribution in [0.2, 0.25) is 0 Å². The Morgan fingerprint density at radius 3 is 2.38 bits per heavy atom. The van der Waals surface area contributed by atoms with E-state index >= 15 is 0 Å². The van der Waals surface area contributed by atoms with Gasteiger partial charge in [0.15, 0.2) is 9.84 Å². The SMILES string of the molecule is COc1nsc(NC(=O)/C(=C/C2CC(F)C(F)C2)c2ccc(S(C)(=O)=O)cc2)n1. The number of hydrogen-bond acceptors (Lipinski definition) is 7. The number of alkyl halides is 2. The van der Waals surface area contributed by atoms with E-state index in [0.717, 1.165) is 17.8 Å². The van der Waals surface area contributed by atoms with Crippen molar-refractivity contribution in [3.05, 3.63) is 35.9 Å². The molecule has 1 amide bonds. The molecule has 1 fully saturated rings. The summed E-state index contributed by atoms with van der Waals surface area (Å²) in [5, 5.41) is 2.79. The van der Waals surface area contributed by atoms with Crippen LogP contribution in [0.25, 0.3) is 5.57 Å². The molecule has 1 aliphatic rings. The van der Waals surface area contributed by atoms with Crippen LogP contribution in [0.1, 0.15) is 18.4 Å². The second-order valence-electron chi connectivity index (χ2n) is 6.68.